The molecule has 5 saturated heterocycles. The van der Waals surface area contributed by atoms with Crippen molar-refractivity contribution in [2.24, 2.45) is 16.7 Å². The first-order valence-electron chi connectivity index (χ1n) is 30.8. The van der Waals surface area contributed by atoms with Crippen LogP contribution >= 0.6 is 0 Å². The van der Waals surface area contributed by atoms with Gasteiger partial charge in [0.25, 0.3) is 0 Å². The Morgan fingerprint density at radius 1 is 0.600 bits per heavy atom. The Labute approximate surface area is 498 Å². The molecule has 0 amide bonds. The summed E-state index contributed by atoms with van der Waals surface area (Å²) in [6.07, 6.45) is -7.07. The van der Waals surface area contributed by atoms with E-state index >= 15 is 0 Å². The molecule has 5 aliphatic heterocycles. The van der Waals surface area contributed by atoms with E-state index in [1.54, 1.807) is 55.1 Å². The highest BCUT2D eigenvalue weighted by Gasteiger charge is 2.81. The minimum atomic E-state index is -2.07. The van der Waals surface area contributed by atoms with Gasteiger partial charge in [-0.1, -0.05) is 48.9 Å². The monoisotopic (exact) mass is 1200 g/mol. The molecule has 4 aliphatic carbocycles. The van der Waals surface area contributed by atoms with Gasteiger partial charge in [0.1, 0.15) is 53.4 Å². The van der Waals surface area contributed by atoms with Crippen LogP contribution in [0.3, 0.4) is 0 Å². The third-order valence-electron chi connectivity index (χ3n) is 21.3. The number of Topliss-reactive ketones (excluding diaryl/α,β-unsaturated/α-hetero) is 1. The zero-order valence-corrected chi connectivity index (χ0v) is 51.1. The molecule has 10 rings (SSSR count). The Hall–Kier alpha value is -2.92. The maximum Gasteiger partial charge on any atom is 0.331 e. The molecule has 478 valence electrons. The molecule has 22 heteroatoms. The van der Waals surface area contributed by atoms with Crippen LogP contribution < -0.4 is 0 Å². The van der Waals surface area contributed by atoms with Gasteiger partial charge in [0.15, 0.2) is 37.2 Å². The third kappa shape index (κ3) is 12.2. The van der Waals surface area contributed by atoms with Gasteiger partial charge in [-0.05, 0) is 110 Å². The number of ketones is 1. The van der Waals surface area contributed by atoms with Gasteiger partial charge in [-0.2, -0.15) is 0 Å². The summed E-state index contributed by atoms with van der Waals surface area (Å²) < 4.78 is 87.3. The number of aliphatic hydroxyl groups excluding tert-OH is 3. The SMILES string of the molecule is CO[C@H]1C[C@H](O[C@H]2[C@H](C)O[C@@H](O[C@H]3[C@@H](O)C[C@H](O[C@H]4[C@@H](O)C[C@H](O[C@H]5CC[C@@]6(C)C(=CC[C@]7(O)[C@@H]6C[C@@H](OC(=O)C=Cc6ccccc6)[C@@]6(C)[C@]7(O)CC[C@@]6(O)C(C)=O)C5)O[C@@H]4C)O[C@@H]3C)C[C@H]2OC)O[C@H](C)[C@H]1O[C@H]1C[C@@H](OC)[C@@H](O)[C@H](C)O1. The first-order chi connectivity index (χ1) is 40.3. The van der Waals surface area contributed by atoms with Crippen LogP contribution in [0.25, 0.3) is 6.08 Å². The van der Waals surface area contributed by atoms with Crippen LogP contribution in [0.4, 0.5) is 0 Å². The van der Waals surface area contributed by atoms with Crippen molar-refractivity contribution in [3.05, 3.63) is 53.6 Å². The highest BCUT2D eigenvalue weighted by molar-refractivity contribution is 5.88. The van der Waals surface area contributed by atoms with Crippen molar-refractivity contribution in [2.75, 3.05) is 21.3 Å². The third-order valence-corrected chi connectivity index (χ3v) is 21.3. The minimum Gasteiger partial charge on any atom is -0.458 e. The average molecular weight is 1200 g/mol. The second kappa shape index (κ2) is 25.8. The van der Waals surface area contributed by atoms with Crippen LogP contribution in [0.2, 0.25) is 0 Å². The molecule has 0 spiro atoms. The minimum absolute atomic E-state index is 0.0464. The maximum absolute atomic E-state index is 13.6. The highest BCUT2D eigenvalue weighted by Crippen LogP contribution is 2.71. The van der Waals surface area contributed by atoms with Crippen molar-refractivity contribution in [3.8, 4) is 0 Å². The molecule has 1 aromatic rings. The van der Waals surface area contributed by atoms with Crippen molar-refractivity contribution in [2.45, 2.75) is 284 Å². The first-order valence-corrected chi connectivity index (χ1v) is 30.8. The van der Waals surface area contributed by atoms with Crippen LogP contribution in [-0.2, 0) is 75.9 Å². The Kier molecular flexibility index (Phi) is 19.7. The molecule has 5 heterocycles. The number of hydrogen-bond acceptors (Lipinski definition) is 22. The van der Waals surface area contributed by atoms with Crippen LogP contribution in [-0.4, -0.2) is 216 Å². The molecule has 1 aromatic carbocycles. The molecule has 6 N–H and O–H groups in total. The lowest BCUT2D eigenvalue weighted by Crippen LogP contribution is -2.78. The first kappa shape index (κ1) is 65.0. The lowest BCUT2D eigenvalue weighted by atomic mass is 9.42. The fourth-order valence-corrected chi connectivity index (χ4v) is 16.3. The number of hydrogen-bond donors (Lipinski definition) is 6. The van der Waals surface area contributed by atoms with Crippen molar-refractivity contribution in [1.29, 1.82) is 0 Å². The summed E-state index contributed by atoms with van der Waals surface area (Å²) in [7, 11) is 4.76. The van der Waals surface area contributed by atoms with E-state index in [2.05, 4.69) is 6.92 Å². The molecular formula is C63H94O22. The molecular weight excluding hydrogens is 1110 g/mol. The predicted octanol–water partition coefficient (Wildman–Crippen LogP) is 4.46. The summed E-state index contributed by atoms with van der Waals surface area (Å²) in [4.78, 5) is 27.0. The van der Waals surface area contributed by atoms with Crippen molar-refractivity contribution in [1.82, 2.24) is 0 Å². The van der Waals surface area contributed by atoms with Gasteiger partial charge in [-0.25, -0.2) is 4.79 Å². The van der Waals surface area contributed by atoms with Gasteiger partial charge < -0.3 is 97.0 Å². The maximum atomic E-state index is 13.6. The summed E-state index contributed by atoms with van der Waals surface area (Å²) >= 11 is 0. The number of aliphatic hydroxyl groups is 6. The van der Waals surface area contributed by atoms with Crippen LogP contribution in [0.15, 0.2) is 48.1 Å². The summed E-state index contributed by atoms with van der Waals surface area (Å²) in [5, 5.41) is 71.7. The van der Waals surface area contributed by atoms with E-state index in [1.807, 2.05) is 50.3 Å². The summed E-state index contributed by atoms with van der Waals surface area (Å²) in [5.41, 5.74) is -6.45. The van der Waals surface area contributed by atoms with Gasteiger partial charge in [-0.15, -0.1) is 0 Å². The number of benzene rings is 1. The molecule has 3 saturated carbocycles. The van der Waals surface area contributed by atoms with Crippen molar-refractivity contribution < 1.29 is 107 Å². The Morgan fingerprint density at radius 2 is 1.08 bits per heavy atom. The normalized spacial score (nSPS) is 49.3. The highest BCUT2D eigenvalue weighted by atomic mass is 16.8. The lowest BCUT2D eigenvalue weighted by molar-refractivity contribution is -0.351. The summed E-state index contributed by atoms with van der Waals surface area (Å²) in [6.45, 7) is 14.0. The number of methoxy groups -OCH3 is 3. The second-order valence-corrected chi connectivity index (χ2v) is 26.1. The zero-order valence-electron chi connectivity index (χ0n) is 51.1. The van der Waals surface area contributed by atoms with Gasteiger partial charge in [0.05, 0.1) is 72.6 Å². The van der Waals surface area contributed by atoms with Gasteiger partial charge >= 0.3 is 5.97 Å². The molecule has 9 aliphatic rings. The largest absolute Gasteiger partial charge is 0.458 e. The van der Waals surface area contributed by atoms with E-state index in [4.69, 9.17) is 66.3 Å². The molecule has 0 unspecified atom stereocenters. The Morgan fingerprint density at radius 3 is 1.60 bits per heavy atom. The summed E-state index contributed by atoms with van der Waals surface area (Å²) in [6, 6.07) is 9.24. The molecule has 22 nitrogen and oxygen atoms in total. The second-order valence-electron chi connectivity index (χ2n) is 26.1. The topological polar surface area (TPSA) is 285 Å². The predicted molar refractivity (Wildman–Crippen MR) is 301 cm³/mol. The average Bonchev–Trinajstić information content (AvgIpc) is 1.62. The molecule has 28 atom stereocenters. The van der Waals surface area contributed by atoms with Crippen LogP contribution in [0.5, 0.6) is 0 Å². The number of rotatable bonds is 17. The fourth-order valence-electron chi connectivity index (χ4n) is 16.3. The van der Waals surface area contributed by atoms with E-state index in [0.717, 1.165) is 11.1 Å². The van der Waals surface area contributed by atoms with Crippen LogP contribution in [0, 0.1) is 16.7 Å². The van der Waals surface area contributed by atoms with Gasteiger partial charge in [-0.3, -0.25) is 4.79 Å². The van der Waals surface area contributed by atoms with E-state index in [0.29, 0.717) is 32.1 Å². The molecule has 0 bridgehead atoms. The van der Waals surface area contributed by atoms with Gasteiger partial charge in [0.2, 0.25) is 0 Å². The number of esters is 1. The Balaban J connectivity index is 0.705. The number of carbonyl (C=O) groups is 2. The molecule has 0 radical (unpaired) electrons. The number of fused-ring (bicyclic) bond motifs is 5. The van der Waals surface area contributed by atoms with Crippen molar-refractivity contribution in [3.63, 3.8) is 0 Å². The standard InChI is InChI=1S/C63H94O22/c1-32-54(68)43(72-9)28-51(75-32)84-57-36(5)79-53(30-45(57)74-11)85-58-35(4)78-52(29-44(58)73-10)83-56-34(3)77-50(27-42(56)66)82-55-33(2)76-49(26-41(55)65)80-40-20-21-59(7)39(25-40)19-22-62(70)46(59)31-47(81-48(67)18-17-38-15-13-12-14-16-38)60(8)61(69,37(6)64)23-24-63(60,62)71/h12-19,32-36,40-47,49-58,65-66,68-71H,20-31H2,1-11H3/t32-,33+,34+,35-,36+,40-,41-,42-,43+,44+,45-,46+,47+,49-,50-,51-,52-,53-,54-,55+,56+,57+,58-,59-,60+,61+,62-,63+/m0/s1. The molecule has 8 fully saturated rings. The smallest absolute Gasteiger partial charge is 0.331 e. The Bertz CT molecular complexity index is 2500. The lowest BCUT2D eigenvalue weighted by Gasteiger charge is -2.67. The number of ether oxygens (including phenoxy) is 14. The van der Waals surface area contributed by atoms with E-state index in [1.165, 1.54) is 13.0 Å². The van der Waals surface area contributed by atoms with E-state index in [9.17, 15) is 40.2 Å². The quantitative estimate of drug-likeness (QED) is 0.0713. The van der Waals surface area contributed by atoms with E-state index < -0.39 is 174 Å². The van der Waals surface area contributed by atoms with Gasteiger partial charge in [0, 0.05) is 65.4 Å². The molecule has 85 heavy (non-hydrogen) atoms. The fraction of sp³-hybridized carbons (Fsp3) is 0.810. The van der Waals surface area contributed by atoms with E-state index in [-0.39, 0.29) is 51.0 Å². The number of carbonyl (C=O) groups excluding carboxylic acids is 2. The van der Waals surface area contributed by atoms with Crippen LogP contribution in [0.1, 0.15) is 138 Å². The molecule has 0 aromatic heterocycles. The summed E-state index contributed by atoms with van der Waals surface area (Å²) in [5.74, 6) is -1.88. The zero-order chi connectivity index (χ0) is 61.1. The van der Waals surface area contributed by atoms with Crippen molar-refractivity contribution >= 4 is 17.8 Å².